The van der Waals surface area contributed by atoms with Crippen molar-refractivity contribution in [3.63, 3.8) is 0 Å². The molecule has 0 saturated heterocycles. The molecule has 130 valence electrons. The molecule has 2 rings (SSSR count). The Morgan fingerprint density at radius 2 is 1.84 bits per heavy atom. The normalized spacial score (nSPS) is 12.2. The lowest BCUT2D eigenvalue weighted by Gasteiger charge is -2.24. The Labute approximate surface area is 155 Å². The second-order valence-corrected chi connectivity index (χ2v) is 6.39. The van der Waals surface area contributed by atoms with Crippen LogP contribution in [0.4, 0.5) is 5.69 Å². The Bertz CT molecular complexity index is 817. The molecule has 0 spiro atoms. The van der Waals surface area contributed by atoms with Crippen LogP contribution in [0.2, 0.25) is 10.0 Å². The number of likely N-dealkylation sites (N-methyl/N-ethyl adjacent to an activating group) is 1. The number of carbonyl (C=O) groups excluding carboxylic acids is 1. The summed E-state index contributed by atoms with van der Waals surface area (Å²) in [6.07, 6.45) is 3.03. The average molecular weight is 379 g/mol. The summed E-state index contributed by atoms with van der Waals surface area (Å²) in [5, 5.41) is 11.9. The van der Waals surface area contributed by atoms with Gasteiger partial charge in [0.05, 0.1) is 11.0 Å². The number of benzene rings is 2. The van der Waals surface area contributed by atoms with Crippen LogP contribution in [0, 0.1) is 10.1 Å². The molecule has 0 heterocycles. The van der Waals surface area contributed by atoms with E-state index in [0.717, 1.165) is 0 Å². The van der Waals surface area contributed by atoms with Gasteiger partial charge in [-0.05, 0) is 42.3 Å². The summed E-state index contributed by atoms with van der Waals surface area (Å²) >= 11 is 11.9. The number of non-ortho nitro benzene ring substituents is 1. The van der Waals surface area contributed by atoms with Crippen LogP contribution in [-0.4, -0.2) is 22.8 Å². The minimum absolute atomic E-state index is 0.00527. The number of rotatable bonds is 5. The number of hydrogen-bond donors (Lipinski definition) is 0. The topological polar surface area (TPSA) is 63.5 Å². The van der Waals surface area contributed by atoms with Crippen LogP contribution in [0.1, 0.15) is 24.1 Å². The van der Waals surface area contributed by atoms with Crippen LogP contribution in [0.5, 0.6) is 0 Å². The third kappa shape index (κ3) is 5.05. The van der Waals surface area contributed by atoms with Crippen LogP contribution in [0.3, 0.4) is 0 Å². The predicted octanol–water partition coefficient (Wildman–Crippen LogP) is 5.13. The zero-order chi connectivity index (χ0) is 18.6. The van der Waals surface area contributed by atoms with Gasteiger partial charge in [0.15, 0.2) is 0 Å². The van der Waals surface area contributed by atoms with Gasteiger partial charge in [0.1, 0.15) is 0 Å². The molecule has 0 aliphatic carbocycles. The third-order valence-corrected chi connectivity index (χ3v) is 4.23. The molecule has 0 aliphatic heterocycles. The van der Waals surface area contributed by atoms with Gasteiger partial charge in [-0.15, -0.1) is 0 Å². The molecule has 1 atom stereocenters. The fraction of sp³-hybridized carbons (Fsp3) is 0.167. The maximum Gasteiger partial charge on any atom is 0.269 e. The lowest BCUT2D eigenvalue weighted by Crippen LogP contribution is -2.28. The number of carbonyl (C=O) groups is 1. The highest BCUT2D eigenvalue weighted by Crippen LogP contribution is 2.24. The van der Waals surface area contributed by atoms with Gasteiger partial charge >= 0.3 is 0 Å². The second-order valence-electron chi connectivity index (χ2n) is 5.51. The van der Waals surface area contributed by atoms with Gasteiger partial charge in [-0.2, -0.15) is 0 Å². The zero-order valence-corrected chi connectivity index (χ0v) is 15.2. The Morgan fingerprint density at radius 1 is 1.20 bits per heavy atom. The Kier molecular flexibility index (Phi) is 6.17. The number of halogens is 2. The number of hydrogen-bond acceptors (Lipinski definition) is 3. The van der Waals surface area contributed by atoms with Crippen molar-refractivity contribution < 1.29 is 9.72 Å². The molecule has 2 aromatic carbocycles. The molecule has 2 aromatic rings. The Morgan fingerprint density at radius 3 is 2.44 bits per heavy atom. The summed E-state index contributed by atoms with van der Waals surface area (Å²) < 4.78 is 0. The highest BCUT2D eigenvalue weighted by molar-refractivity contribution is 6.34. The smallest absolute Gasteiger partial charge is 0.269 e. The lowest BCUT2D eigenvalue weighted by atomic mass is 10.1. The Hall–Kier alpha value is -2.37. The summed E-state index contributed by atoms with van der Waals surface area (Å²) in [6, 6.07) is 10.9. The van der Waals surface area contributed by atoms with Gasteiger partial charge in [-0.25, -0.2) is 0 Å². The van der Waals surface area contributed by atoms with Crippen molar-refractivity contribution in [1.29, 1.82) is 0 Å². The van der Waals surface area contributed by atoms with Gasteiger partial charge < -0.3 is 4.90 Å². The first-order valence-electron chi connectivity index (χ1n) is 7.43. The molecule has 0 aliphatic rings. The van der Waals surface area contributed by atoms with E-state index in [1.807, 2.05) is 0 Å². The summed E-state index contributed by atoms with van der Waals surface area (Å²) in [7, 11) is 1.64. The highest BCUT2D eigenvalue weighted by atomic mass is 35.5. The monoisotopic (exact) mass is 378 g/mol. The van der Waals surface area contributed by atoms with E-state index in [-0.39, 0.29) is 17.6 Å². The number of nitro groups is 1. The largest absolute Gasteiger partial charge is 0.335 e. The maximum absolute atomic E-state index is 12.4. The second kappa shape index (κ2) is 8.14. The van der Waals surface area contributed by atoms with E-state index < -0.39 is 4.92 Å². The molecule has 7 heteroatoms. The minimum atomic E-state index is -0.458. The SMILES string of the molecule is CC(c1cccc([N+](=O)[O-])c1)N(C)C(=O)/C=C/c1cc(Cl)cc(Cl)c1. The van der Waals surface area contributed by atoms with Crippen LogP contribution < -0.4 is 0 Å². The van der Waals surface area contributed by atoms with Crippen molar-refractivity contribution >= 4 is 40.9 Å². The minimum Gasteiger partial charge on any atom is -0.335 e. The first-order chi connectivity index (χ1) is 11.8. The van der Waals surface area contributed by atoms with Crippen LogP contribution >= 0.6 is 23.2 Å². The first kappa shape index (κ1) is 19.0. The fourth-order valence-electron chi connectivity index (χ4n) is 2.27. The van der Waals surface area contributed by atoms with E-state index in [0.29, 0.717) is 21.2 Å². The maximum atomic E-state index is 12.4. The van der Waals surface area contributed by atoms with E-state index in [1.165, 1.54) is 23.1 Å². The van der Waals surface area contributed by atoms with E-state index in [1.54, 1.807) is 50.4 Å². The van der Waals surface area contributed by atoms with Gasteiger partial charge in [0, 0.05) is 35.3 Å². The summed E-state index contributed by atoms with van der Waals surface area (Å²) in [4.78, 5) is 24.3. The molecular weight excluding hydrogens is 363 g/mol. The number of amides is 1. The van der Waals surface area contributed by atoms with Gasteiger partial charge in [0.2, 0.25) is 5.91 Å². The number of nitro benzene ring substituents is 1. The molecule has 25 heavy (non-hydrogen) atoms. The van der Waals surface area contributed by atoms with Crippen molar-refractivity contribution in [3.05, 3.63) is 79.8 Å². The molecule has 0 aromatic heterocycles. The van der Waals surface area contributed by atoms with Crippen LogP contribution in [0.15, 0.2) is 48.5 Å². The van der Waals surface area contributed by atoms with E-state index >= 15 is 0 Å². The van der Waals surface area contributed by atoms with Crippen molar-refractivity contribution in [3.8, 4) is 0 Å². The molecule has 0 N–H and O–H groups in total. The molecule has 5 nitrogen and oxygen atoms in total. The lowest BCUT2D eigenvalue weighted by molar-refractivity contribution is -0.384. The molecule has 1 unspecified atom stereocenters. The fourth-order valence-corrected chi connectivity index (χ4v) is 2.81. The number of nitrogens with zero attached hydrogens (tertiary/aromatic N) is 2. The van der Waals surface area contributed by atoms with Gasteiger partial charge in [0.25, 0.3) is 5.69 Å². The van der Waals surface area contributed by atoms with Gasteiger partial charge in [-0.1, -0.05) is 35.3 Å². The highest BCUT2D eigenvalue weighted by Gasteiger charge is 2.17. The van der Waals surface area contributed by atoms with Gasteiger partial charge in [-0.3, -0.25) is 14.9 Å². The van der Waals surface area contributed by atoms with Crippen LogP contribution in [0.25, 0.3) is 6.08 Å². The molecule has 1 amide bonds. The van der Waals surface area contributed by atoms with Crippen molar-refractivity contribution in [2.45, 2.75) is 13.0 Å². The van der Waals surface area contributed by atoms with Crippen LogP contribution in [-0.2, 0) is 4.79 Å². The third-order valence-electron chi connectivity index (χ3n) is 3.80. The molecule has 0 bridgehead atoms. The summed E-state index contributed by atoms with van der Waals surface area (Å²) in [5.41, 5.74) is 1.39. The molecule has 0 fully saturated rings. The summed E-state index contributed by atoms with van der Waals surface area (Å²) in [5.74, 6) is -0.241. The first-order valence-corrected chi connectivity index (χ1v) is 8.19. The molecule has 0 saturated carbocycles. The zero-order valence-electron chi connectivity index (χ0n) is 13.6. The predicted molar refractivity (Wildman–Crippen MR) is 99.8 cm³/mol. The van der Waals surface area contributed by atoms with Crippen molar-refractivity contribution in [1.82, 2.24) is 4.90 Å². The van der Waals surface area contributed by atoms with E-state index in [2.05, 4.69) is 0 Å². The van der Waals surface area contributed by atoms with Crippen molar-refractivity contribution in [2.75, 3.05) is 7.05 Å². The van der Waals surface area contributed by atoms with E-state index in [4.69, 9.17) is 23.2 Å². The Balaban J connectivity index is 2.14. The molecular formula is C18H16Cl2N2O3. The molecule has 0 radical (unpaired) electrons. The van der Waals surface area contributed by atoms with Crippen molar-refractivity contribution in [2.24, 2.45) is 0 Å². The quantitative estimate of drug-likeness (QED) is 0.411. The summed E-state index contributed by atoms with van der Waals surface area (Å²) in [6.45, 7) is 1.81. The average Bonchev–Trinajstić information content (AvgIpc) is 2.57. The standard InChI is InChI=1S/C18H16Cl2N2O3/c1-12(14-4-3-5-17(10-14)22(24)25)21(2)18(23)7-6-13-8-15(19)11-16(20)9-13/h3-12H,1-2H3/b7-6+. The van der Waals surface area contributed by atoms with E-state index in [9.17, 15) is 14.9 Å².